The van der Waals surface area contributed by atoms with Crippen LogP contribution in [0.15, 0.2) is 18.5 Å². The minimum Gasteiger partial charge on any atom is -0.393 e. The first-order chi connectivity index (χ1) is 9.15. The van der Waals surface area contributed by atoms with Crippen LogP contribution in [-0.4, -0.2) is 51.6 Å². The van der Waals surface area contributed by atoms with E-state index in [9.17, 15) is 9.90 Å². The molecule has 2 rings (SSSR count). The molecule has 0 bridgehead atoms. The molecule has 2 heterocycles. The van der Waals surface area contributed by atoms with Gasteiger partial charge in [0, 0.05) is 12.4 Å². The Hall–Kier alpha value is -1.53. The lowest BCUT2D eigenvalue weighted by atomic mass is 9.92. The molecule has 19 heavy (non-hydrogen) atoms. The molecular formula is C13H20N4O2. The fourth-order valence-electron chi connectivity index (χ4n) is 2.32. The molecule has 104 valence electrons. The molecule has 2 N–H and O–H groups in total. The number of aliphatic hydroxyl groups is 1. The van der Waals surface area contributed by atoms with Crippen molar-refractivity contribution in [2.75, 3.05) is 25.0 Å². The topological polar surface area (TPSA) is 78.4 Å². The average Bonchev–Trinajstić information content (AvgIpc) is 2.40. The summed E-state index contributed by atoms with van der Waals surface area (Å²) in [7, 11) is 0. The first-order valence-corrected chi connectivity index (χ1v) is 6.62. The van der Waals surface area contributed by atoms with Crippen molar-refractivity contribution < 1.29 is 9.90 Å². The number of aromatic nitrogens is 2. The molecule has 0 spiro atoms. The number of likely N-dealkylation sites (tertiary alicyclic amines) is 1. The standard InChI is InChI=1S/C13H20N4O2/c1-10(18)11-3-7-17(8-4-11)9-12(19)16-13-14-5-2-6-15-13/h2,5-6,10-11,18H,3-4,7-9H2,1H3,(H,14,15,16,19). The van der Waals surface area contributed by atoms with Crippen molar-refractivity contribution in [1.82, 2.24) is 14.9 Å². The fraction of sp³-hybridized carbons (Fsp3) is 0.615. The number of rotatable bonds is 4. The van der Waals surface area contributed by atoms with Crippen LogP contribution in [0.1, 0.15) is 19.8 Å². The Kier molecular flexibility index (Phi) is 4.81. The van der Waals surface area contributed by atoms with Crippen molar-refractivity contribution in [1.29, 1.82) is 0 Å². The molecule has 1 unspecified atom stereocenters. The number of amides is 1. The number of carbonyl (C=O) groups is 1. The van der Waals surface area contributed by atoms with Crippen LogP contribution >= 0.6 is 0 Å². The molecule has 6 heteroatoms. The van der Waals surface area contributed by atoms with Crippen molar-refractivity contribution in [3.05, 3.63) is 18.5 Å². The summed E-state index contributed by atoms with van der Waals surface area (Å²) in [4.78, 5) is 21.8. The van der Waals surface area contributed by atoms with Crippen molar-refractivity contribution in [3.63, 3.8) is 0 Å². The molecule has 0 radical (unpaired) electrons. The smallest absolute Gasteiger partial charge is 0.240 e. The SMILES string of the molecule is CC(O)C1CCN(CC(=O)Nc2ncccn2)CC1. The van der Waals surface area contributed by atoms with E-state index < -0.39 is 0 Å². The quantitative estimate of drug-likeness (QED) is 0.828. The van der Waals surface area contributed by atoms with E-state index in [1.807, 2.05) is 6.92 Å². The second-order valence-corrected chi connectivity index (χ2v) is 4.97. The first kappa shape index (κ1) is 13.9. The van der Waals surface area contributed by atoms with Gasteiger partial charge in [0.15, 0.2) is 0 Å². The Bertz CT molecular complexity index is 402. The lowest BCUT2D eigenvalue weighted by Crippen LogP contribution is -2.41. The van der Waals surface area contributed by atoms with Crippen LogP contribution in [-0.2, 0) is 4.79 Å². The third-order valence-electron chi connectivity index (χ3n) is 3.50. The van der Waals surface area contributed by atoms with Crippen LogP contribution in [0.3, 0.4) is 0 Å². The van der Waals surface area contributed by atoms with E-state index >= 15 is 0 Å². The minimum absolute atomic E-state index is 0.0957. The fourth-order valence-corrected chi connectivity index (χ4v) is 2.32. The summed E-state index contributed by atoms with van der Waals surface area (Å²) in [6.45, 7) is 3.88. The maximum Gasteiger partial charge on any atom is 0.240 e. The molecule has 1 atom stereocenters. The summed E-state index contributed by atoms with van der Waals surface area (Å²) in [5, 5.41) is 12.2. The van der Waals surface area contributed by atoms with Crippen LogP contribution in [0.2, 0.25) is 0 Å². The number of hydrogen-bond acceptors (Lipinski definition) is 5. The summed E-state index contributed by atoms with van der Waals surface area (Å²) in [6, 6.07) is 1.70. The van der Waals surface area contributed by atoms with Gasteiger partial charge in [-0.1, -0.05) is 0 Å². The summed E-state index contributed by atoms with van der Waals surface area (Å²) in [5.74, 6) is 0.602. The second-order valence-electron chi connectivity index (χ2n) is 4.97. The number of hydrogen-bond donors (Lipinski definition) is 2. The number of carbonyl (C=O) groups excluding carboxylic acids is 1. The van der Waals surface area contributed by atoms with Crippen LogP contribution in [0.4, 0.5) is 5.95 Å². The lowest BCUT2D eigenvalue weighted by molar-refractivity contribution is -0.117. The number of aliphatic hydroxyl groups excluding tert-OH is 1. The van der Waals surface area contributed by atoms with E-state index in [1.54, 1.807) is 18.5 Å². The predicted molar refractivity (Wildman–Crippen MR) is 71.5 cm³/mol. The molecule has 0 saturated carbocycles. The third kappa shape index (κ3) is 4.25. The van der Waals surface area contributed by atoms with E-state index in [-0.39, 0.29) is 12.0 Å². The molecule has 1 aromatic heterocycles. The number of nitrogens with one attached hydrogen (secondary N) is 1. The van der Waals surface area contributed by atoms with Gasteiger partial charge in [-0.2, -0.15) is 0 Å². The summed E-state index contributed by atoms with van der Waals surface area (Å²) in [6.07, 6.45) is 4.81. The molecule has 1 fully saturated rings. The van der Waals surface area contributed by atoms with Gasteiger partial charge in [-0.05, 0) is 44.8 Å². The predicted octanol–water partition coefficient (Wildman–Crippen LogP) is 0.508. The van der Waals surface area contributed by atoms with E-state index in [0.29, 0.717) is 18.4 Å². The van der Waals surface area contributed by atoms with Crippen molar-refractivity contribution >= 4 is 11.9 Å². The highest BCUT2D eigenvalue weighted by molar-refractivity contribution is 5.90. The van der Waals surface area contributed by atoms with Crippen LogP contribution in [0, 0.1) is 5.92 Å². The monoisotopic (exact) mass is 264 g/mol. The molecule has 1 aliphatic heterocycles. The lowest BCUT2D eigenvalue weighted by Gasteiger charge is -2.32. The van der Waals surface area contributed by atoms with Crippen LogP contribution < -0.4 is 5.32 Å². The Morgan fingerprint density at radius 2 is 2.11 bits per heavy atom. The molecule has 0 aromatic carbocycles. The maximum absolute atomic E-state index is 11.8. The van der Waals surface area contributed by atoms with Gasteiger partial charge in [0.2, 0.25) is 11.9 Å². The molecule has 6 nitrogen and oxygen atoms in total. The van der Waals surface area contributed by atoms with Gasteiger partial charge in [0.1, 0.15) is 0 Å². The van der Waals surface area contributed by atoms with Gasteiger partial charge < -0.3 is 5.11 Å². The van der Waals surface area contributed by atoms with E-state index in [0.717, 1.165) is 25.9 Å². The summed E-state index contributed by atoms with van der Waals surface area (Å²) >= 11 is 0. The summed E-state index contributed by atoms with van der Waals surface area (Å²) in [5.41, 5.74) is 0. The zero-order chi connectivity index (χ0) is 13.7. The van der Waals surface area contributed by atoms with Gasteiger partial charge in [-0.25, -0.2) is 9.97 Å². The Balaban J connectivity index is 1.75. The zero-order valence-electron chi connectivity index (χ0n) is 11.1. The van der Waals surface area contributed by atoms with Gasteiger partial charge >= 0.3 is 0 Å². The van der Waals surface area contributed by atoms with Crippen molar-refractivity contribution in [3.8, 4) is 0 Å². The Morgan fingerprint density at radius 3 is 2.68 bits per heavy atom. The van der Waals surface area contributed by atoms with E-state index in [4.69, 9.17) is 0 Å². The highest BCUT2D eigenvalue weighted by Gasteiger charge is 2.23. The number of piperidine rings is 1. The highest BCUT2D eigenvalue weighted by atomic mass is 16.3. The molecule has 1 aliphatic rings. The van der Waals surface area contributed by atoms with E-state index in [2.05, 4.69) is 20.2 Å². The van der Waals surface area contributed by atoms with Crippen LogP contribution in [0.5, 0.6) is 0 Å². The number of nitrogens with zero attached hydrogens (tertiary/aromatic N) is 3. The molecular weight excluding hydrogens is 244 g/mol. The second kappa shape index (κ2) is 6.58. The van der Waals surface area contributed by atoms with E-state index in [1.165, 1.54) is 0 Å². The zero-order valence-corrected chi connectivity index (χ0v) is 11.1. The van der Waals surface area contributed by atoms with Gasteiger partial charge in [0.25, 0.3) is 0 Å². The van der Waals surface area contributed by atoms with Gasteiger partial charge in [0.05, 0.1) is 12.6 Å². The normalized spacial score (nSPS) is 19.1. The van der Waals surface area contributed by atoms with Crippen molar-refractivity contribution in [2.24, 2.45) is 5.92 Å². The number of anilines is 1. The first-order valence-electron chi connectivity index (χ1n) is 6.62. The molecule has 1 aromatic rings. The Morgan fingerprint density at radius 1 is 1.47 bits per heavy atom. The molecule has 1 saturated heterocycles. The summed E-state index contributed by atoms with van der Waals surface area (Å²) < 4.78 is 0. The maximum atomic E-state index is 11.8. The third-order valence-corrected chi connectivity index (χ3v) is 3.50. The molecule has 0 aliphatic carbocycles. The minimum atomic E-state index is -0.256. The molecule has 1 amide bonds. The largest absolute Gasteiger partial charge is 0.393 e. The van der Waals surface area contributed by atoms with Gasteiger partial charge in [-0.3, -0.25) is 15.0 Å². The van der Waals surface area contributed by atoms with Crippen LogP contribution in [0.25, 0.3) is 0 Å². The van der Waals surface area contributed by atoms with Gasteiger partial charge in [-0.15, -0.1) is 0 Å². The average molecular weight is 264 g/mol. The highest BCUT2D eigenvalue weighted by Crippen LogP contribution is 2.20. The Labute approximate surface area is 112 Å². The van der Waals surface area contributed by atoms with Crippen molar-refractivity contribution in [2.45, 2.75) is 25.9 Å².